The first-order chi connectivity index (χ1) is 28.5. The SMILES string of the molecule is CC/C=C\C/C=C\C/C=C\CCCC(=O)OCC(COC(=O)CCCCCCC/C=C\CCCCCCCCC)OC(=O)CC/C=C\C/C=C\CCCCCCCC. The standard InChI is InChI=1S/C52H88O6/c1-4-7-10-13-16-19-22-24-25-26-28-30-33-36-39-42-45-51(54)57-48-49(47-56-50(53)44-41-38-35-32-29-21-18-15-12-9-6-3)58-52(55)46-43-40-37-34-31-27-23-20-17-14-11-8-5-2/h9,12,18,21,25-27,31-32,35,37,40,49H,4-8,10-11,13-17,19-20,22-24,28-30,33-34,36,38-39,41-48H2,1-3H3/b12-9-,21-18-,26-25-,31-27-,35-32-,40-37-. The van der Waals surface area contributed by atoms with E-state index in [9.17, 15) is 14.4 Å². The molecular formula is C52H88O6. The monoisotopic (exact) mass is 809 g/mol. The first-order valence-electron chi connectivity index (χ1n) is 23.9. The second-order valence-electron chi connectivity index (χ2n) is 15.6. The van der Waals surface area contributed by atoms with Crippen molar-refractivity contribution in [3.63, 3.8) is 0 Å². The average molecular weight is 809 g/mol. The van der Waals surface area contributed by atoms with Crippen LogP contribution in [0.2, 0.25) is 0 Å². The van der Waals surface area contributed by atoms with Crippen molar-refractivity contribution in [1.82, 2.24) is 0 Å². The topological polar surface area (TPSA) is 78.9 Å². The number of carbonyl (C=O) groups is 3. The van der Waals surface area contributed by atoms with Crippen LogP contribution in [0.5, 0.6) is 0 Å². The van der Waals surface area contributed by atoms with Gasteiger partial charge >= 0.3 is 17.9 Å². The number of esters is 3. The molecule has 332 valence electrons. The van der Waals surface area contributed by atoms with E-state index in [-0.39, 0.29) is 38.0 Å². The van der Waals surface area contributed by atoms with E-state index in [1.54, 1.807) is 0 Å². The zero-order valence-corrected chi connectivity index (χ0v) is 37.8. The van der Waals surface area contributed by atoms with E-state index < -0.39 is 12.1 Å². The molecule has 6 heteroatoms. The Morgan fingerprint density at radius 2 is 0.724 bits per heavy atom. The number of hydrogen-bond acceptors (Lipinski definition) is 6. The second-order valence-corrected chi connectivity index (χ2v) is 15.6. The molecule has 0 radical (unpaired) electrons. The molecule has 1 unspecified atom stereocenters. The van der Waals surface area contributed by atoms with Crippen LogP contribution in [-0.2, 0) is 28.6 Å². The molecule has 0 spiro atoms. The van der Waals surface area contributed by atoms with Gasteiger partial charge in [-0.15, -0.1) is 0 Å². The Bertz CT molecular complexity index is 1110. The van der Waals surface area contributed by atoms with Crippen LogP contribution in [0.4, 0.5) is 0 Å². The van der Waals surface area contributed by atoms with Gasteiger partial charge in [-0.2, -0.15) is 0 Å². The summed E-state index contributed by atoms with van der Waals surface area (Å²) in [5.74, 6) is -1.06. The molecule has 0 aliphatic rings. The molecule has 0 aliphatic heterocycles. The summed E-state index contributed by atoms with van der Waals surface area (Å²) in [5, 5.41) is 0. The number of ether oxygens (including phenoxy) is 3. The molecule has 0 amide bonds. The Balaban J connectivity index is 4.49. The number of unbranched alkanes of at least 4 members (excludes halogenated alkanes) is 19. The number of rotatable bonds is 42. The summed E-state index contributed by atoms with van der Waals surface area (Å²) in [4.78, 5) is 37.7. The maximum Gasteiger partial charge on any atom is 0.306 e. The third-order valence-corrected chi connectivity index (χ3v) is 9.93. The second kappa shape index (κ2) is 46.5. The van der Waals surface area contributed by atoms with Crippen molar-refractivity contribution in [1.29, 1.82) is 0 Å². The van der Waals surface area contributed by atoms with Crippen molar-refractivity contribution in [3.8, 4) is 0 Å². The molecule has 6 nitrogen and oxygen atoms in total. The summed E-state index contributed by atoms with van der Waals surface area (Å²) in [7, 11) is 0. The van der Waals surface area contributed by atoms with Crippen molar-refractivity contribution in [2.45, 2.75) is 226 Å². The third kappa shape index (κ3) is 44.0. The Morgan fingerprint density at radius 1 is 0.362 bits per heavy atom. The average Bonchev–Trinajstić information content (AvgIpc) is 3.22. The molecule has 0 fully saturated rings. The molecule has 0 aromatic rings. The van der Waals surface area contributed by atoms with E-state index in [0.29, 0.717) is 19.3 Å². The van der Waals surface area contributed by atoms with Gasteiger partial charge in [-0.3, -0.25) is 14.4 Å². The molecule has 0 aromatic heterocycles. The fourth-order valence-corrected chi connectivity index (χ4v) is 6.34. The van der Waals surface area contributed by atoms with Crippen molar-refractivity contribution < 1.29 is 28.6 Å². The molecule has 0 aliphatic carbocycles. The molecule has 58 heavy (non-hydrogen) atoms. The summed E-state index contributed by atoms with van der Waals surface area (Å²) in [5.41, 5.74) is 0. The molecule has 0 heterocycles. The van der Waals surface area contributed by atoms with Gasteiger partial charge < -0.3 is 14.2 Å². The number of hydrogen-bond donors (Lipinski definition) is 0. The summed E-state index contributed by atoms with van der Waals surface area (Å²) < 4.78 is 16.6. The van der Waals surface area contributed by atoms with Crippen molar-refractivity contribution in [3.05, 3.63) is 72.9 Å². The summed E-state index contributed by atoms with van der Waals surface area (Å²) in [6, 6.07) is 0. The summed E-state index contributed by atoms with van der Waals surface area (Å²) in [6.45, 7) is 6.39. The molecular weight excluding hydrogens is 721 g/mol. The zero-order valence-electron chi connectivity index (χ0n) is 37.8. The van der Waals surface area contributed by atoms with E-state index in [1.165, 1.54) is 96.3 Å². The van der Waals surface area contributed by atoms with Crippen LogP contribution in [-0.4, -0.2) is 37.2 Å². The molecule has 0 saturated carbocycles. The normalized spacial score (nSPS) is 12.7. The lowest BCUT2D eigenvalue weighted by Crippen LogP contribution is -2.30. The van der Waals surface area contributed by atoms with E-state index in [1.807, 2.05) is 6.08 Å². The molecule has 0 aromatic carbocycles. The van der Waals surface area contributed by atoms with Crippen LogP contribution in [0.25, 0.3) is 0 Å². The molecule has 0 saturated heterocycles. The smallest absolute Gasteiger partial charge is 0.306 e. The maximum atomic E-state index is 12.7. The van der Waals surface area contributed by atoms with Crippen LogP contribution >= 0.6 is 0 Å². The van der Waals surface area contributed by atoms with Gasteiger partial charge in [0.2, 0.25) is 0 Å². The third-order valence-electron chi connectivity index (χ3n) is 9.93. The van der Waals surface area contributed by atoms with Gasteiger partial charge in [-0.1, -0.05) is 184 Å². The molecule has 0 bridgehead atoms. The highest BCUT2D eigenvalue weighted by Crippen LogP contribution is 2.12. The van der Waals surface area contributed by atoms with Crippen molar-refractivity contribution in [2.75, 3.05) is 13.2 Å². The fourth-order valence-electron chi connectivity index (χ4n) is 6.34. The predicted molar refractivity (Wildman–Crippen MR) is 247 cm³/mol. The number of allylic oxidation sites excluding steroid dienone is 12. The van der Waals surface area contributed by atoms with Gasteiger partial charge in [-0.05, 0) is 89.9 Å². The minimum atomic E-state index is -0.827. The number of carbonyl (C=O) groups excluding carboxylic acids is 3. The van der Waals surface area contributed by atoms with Gasteiger partial charge in [0, 0.05) is 19.3 Å². The molecule has 0 rings (SSSR count). The largest absolute Gasteiger partial charge is 0.462 e. The van der Waals surface area contributed by atoms with Gasteiger partial charge in [-0.25, -0.2) is 0 Å². The van der Waals surface area contributed by atoms with E-state index >= 15 is 0 Å². The van der Waals surface area contributed by atoms with Gasteiger partial charge in [0.25, 0.3) is 0 Å². The molecule has 0 N–H and O–H groups in total. The maximum absolute atomic E-state index is 12.7. The van der Waals surface area contributed by atoms with Crippen LogP contribution in [0.15, 0.2) is 72.9 Å². The van der Waals surface area contributed by atoms with E-state index in [0.717, 1.165) is 70.6 Å². The highest BCUT2D eigenvalue weighted by Gasteiger charge is 2.19. The lowest BCUT2D eigenvalue weighted by atomic mass is 10.1. The minimum absolute atomic E-state index is 0.118. The Morgan fingerprint density at radius 3 is 1.21 bits per heavy atom. The Labute approximate surface area is 357 Å². The zero-order chi connectivity index (χ0) is 42.3. The van der Waals surface area contributed by atoms with E-state index in [4.69, 9.17) is 14.2 Å². The van der Waals surface area contributed by atoms with Crippen LogP contribution < -0.4 is 0 Å². The Hall–Kier alpha value is -3.15. The van der Waals surface area contributed by atoms with Gasteiger partial charge in [0.15, 0.2) is 6.10 Å². The molecule has 1 atom stereocenters. The van der Waals surface area contributed by atoms with Crippen molar-refractivity contribution >= 4 is 17.9 Å². The summed E-state index contributed by atoms with van der Waals surface area (Å²) >= 11 is 0. The minimum Gasteiger partial charge on any atom is -0.462 e. The lowest BCUT2D eigenvalue weighted by molar-refractivity contribution is -0.166. The Kier molecular flexibility index (Phi) is 44.0. The first kappa shape index (κ1) is 54.9. The van der Waals surface area contributed by atoms with Crippen molar-refractivity contribution in [2.24, 2.45) is 0 Å². The highest BCUT2D eigenvalue weighted by atomic mass is 16.6. The lowest BCUT2D eigenvalue weighted by Gasteiger charge is -2.18. The quantitative estimate of drug-likeness (QED) is 0.0264. The first-order valence-corrected chi connectivity index (χ1v) is 23.9. The fraction of sp³-hybridized carbons (Fsp3) is 0.712. The van der Waals surface area contributed by atoms with Crippen LogP contribution in [0.1, 0.15) is 220 Å². The van der Waals surface area contributed by atoms with Crippen LogP contribution in [0.3, 0.4) is 0 Å². The summed E-state index contributed by atoms with van der Waals surface area (Å²) in [6.07, 6.45) is 57.7. The van der Waals surface area contributed by atoms with Crippen LogP contribution in [0, 0.1) is 0 Å². The predicted octanol–water partition coefficient (Wildman–Crippen LogP) is 15.5. The van der Waals surface area contributed by atoms with Gasteiger partial charge in [0.1, 0.15) is 13.2 Å². The van der Waals surface area contributed by atoms with Gasteiger partial charge in [0.05, 0.1) is 0 Å². The van der Waals surface area contributed by atoms with E-state index in [2.05, 4.69) is 87.6 Å². The highest BCUT2D eigenvalue weighted by molar-refractivity contribution is 5.71.